The van der Waals surface area contributed by atoms with Gasteiger partial charge in [-0.3, -0.25) is 4.79 Å². The van der Waals surface area contributed by atoms with Gasteiger partial charge in [0.1, 0.15) is 12.3 Å². The first-order valence-electron chi connectivity index (χ1n) is 9.10. The molecule has 1 amide bonds. The Balaban J connectivity index is 1.98. The Hall–Kier alpha value is -2.60. The number of amides is 1. The number of nitrogens with one attached hydrogen (secondary N) is 1. The zero-order valence-corrected chi connectivity index (χ0v) is 16.5. The largest absolute Gasteiger partial charge is 0.460 e. The number of benzene rings is 1. The van der Waals surface area contributed by atoms with Crippen LogP contribution in [0.5, 0.6) is 0 Å². The number of hydrogen-bond acceptors (Lipinski definition) is 4. The third-order valence-corrected chi connectivity index (χ3v) is 4.52. The van der Waals surface area contributed by atoms with Crippen LogP contribution in [0.4, 0.5) is 0 Å². The van der Waals surface area contributed by atoms with Crippen LogP contribution in [0.1, 0.15) is 44.1 Å². The highest BCUT2D eigenvalue weighted by atomic mass is 16.6. The van der Waals surface area contributed by atoms with Crippen molar-refractivity contribution < 1.29 is 19.1 Å². The second-order valence-electron chi connectivity index (χ2n) is 6.57. The van der Waals surface area contributed by atoms with E-state index in [1.807, 2.05) is 18.2 Å². The summed E-state index contributed by atoms with van der Waals surface area (Å²) in [5.74, 6) is -0.566. The van der Waals surface area contributed by atoms with Crippen molar-refractivity contribution in [2.75, 3.05) is 33.9 Å². The number of aryl methyl sites for hydroxylation is 2. The Labute approximate surface area is 160 Å². The van der Waals surface area contributed by atoms with Crippen molar-refractivity contribution in [1.82, 2.24) is 9.88 Å². The summed E-state index contributed by atoms with van der Waals surface area (Å²) in [4.78, 5) is 29.8. The first-order valence-corrected chi connectivity index (χ1v) is 9.10. The Bertz CT molecular complexity index is 768. The van der Waals surface area contributed by atoms with E-state index in [-0.39, 0.29) is 12.5 Å². The Morgan fingerprint density at radius 3 is 2.48 bits per heavy atom. The minimum absolute atomic E-state index is 0.125. The second-order valence-corrected chi connectivity index (χ2v) is 6.57. The molecular formula is C21H28N2O4. The summed E-state index contributed by atoms with van der Waals surface area (Å²) in [7, 11) is 3.32. The van der Waals surface area contributed by atoms with Crippen molar-refractivity contribution in [1.29, 1.82) is 0 Å². The summed E-state index contributed by atoms with van der Waals surface area (Å²) in [5, 5.41) is 0. The number of hydrogen-bond donors (Lipinski definition) is 1. The highest BCUT2D eigenvalue weighted by Crippen LogP contribution is 2.20. The van der Waals surface area contributed by atoms with Crippen LogP contribution < -0.4 is 0 Å². The molecule has 0 fully saturated rings. The van der Waals surface area contributed by atoms with E-state index in [2.05, 4.69) is 17.1 Å². The van der Waals surface area contributed by atoms with Gasteiger partial charge in [-0.25, -0.2) is 4.79 Å². The predicted molar refractivity (Wildman–Crippen MR) is 104 cm³/mol. The van der Waals surface area contributed by atoms with E-state index >= 15 is 0 Å². The number of rotatable bonds is 9. The number of methoxy groups -OCH3 is 1. The fraction of sp³-hybridized carbons (Fsp3) is 0.429. The summed E-state index contributed by atoms with van der Waals surface area (Å²) in [6.07, 6.45) is 1.79. The quantitative estimate of drug-likeness (QED) is 0.542. The topological polar surface area (TPSA) is 71.6 Å². The van der Waals surface area contributed by atoms with Gasteiger partial charge in [0.15, 0.2) is 0 Å². The molecule has 1 aromatic carbocycles. The van der Waals surface area contributed by atoms with Crippen LogP contribution in [-0.2, 0) is 15.9 Å². The number of H-pyrrole nitrogens is 1. The number of nitrogens with zero attached hydrogens (tertiary/aromatic N) is 1. The minimum Gasteiger partial charge on any atom is -0.460 e. The molecule has 6 heteroatoms. The number of aromatic amines is 1. The number of carbonyl (C=O) groups excluding carboxylic acids is 2. The van der Waals surface area contributed by atoms with Gasteiger partial charge in [-0.2, -0.15) is 0 Å². The van der Waals surface area contributed by atoms with Crippen molar-refractivity contribution in [3.05, 3.63) is 58.4 Å². The van der Waals surface area contributed by atoms with Crippen LogP contribution in [0.15, 0.2) is 30.3 Å². The number of aromatic nitrogens is 1. The Morgan fingerprint density at radius 2 is 1.81 bits per heavy atom. The highest BCUT2D eigenvalue weighted by molar-refractivity contribution is 6.00. The van der Waals surface area contributed by atoms with E-state index in [0.29, 0.717) is 35.7 Å². The minimum atomic E-state index is -0.441. The van der Waals surface area contributed by atoms with Crippen LogP contribution in [0, 0.1) is 13.8 Å². The van der Waals surface area contributed by atoms with E-state index in [1.54, 1.807) is 32.9 Å². The maximum atomic E-state index is 12.8. The molecule has 0 saturated heterocycles. The Morgan fingerprint density at radius 1 is 1.11 bits per heavy atom. The number of esters is 1. The first-order chi connectivity index (χ1) is 13.0. The molecule has 146 valence electrons. The second kappa shape index (κ2) is 9.92. The standard InChI is InChI=1S/C21H28N2O4/c1-15-18(21(25)27-14-13-26-4)16(2)22-19(15)20(24)23(3)12-8-11-17-9-6-5-7-10-17/h5-7,9-10,22H,8,11-14H2,1-4H3. The molecule has 0 atom stereocenters. The Kier molecular flexibility index (Phi) is 7.61. The average molecular weight is 372 g/mol. The van der Waals surface area contributed by atoms with Gasteiger partial charge < -0.3 is 19.4 Å². The molecule has 1 aromatic heterocycles. The van der Waals surface area contributed by atoms with Crippen molar-refractivity contribution in [3.8, 4) is 0 Å². The van der Waals surface area contributed by atoms with E-state index in [9.17, 15) is 9.59 Å². The van der Waals surface area contributed by atoms with E-state index in [4.69, 9.17) is 9.47 Å². The van der Waals surface area contributed by atoms with Crippen molar-refractivity contribution >= 4 is 11.9 Å². The molecule has 27 heavy (non-hydrogen) atoms. The molecule has 0 unspecified atom stereocenters. The van der Waals surface area contributed by atoms with Gasteiger partial charge in [0.25, 0.3) is 5.91 Å². The smallest absolute Gasteiger partial charge is 0.340 e. The van der Waals surface area contributed by atoms with Crippen LogP contribution >= 0.6 is 0 Å². The number of ether oxygens (including phenoxy) is 2. The summed E-state index contributed by atoms with van der Waals surface area (Å²) in [6, 6.07) is 10.2. The van der Waals surface area contributed by atoms with Crippen LogP contribution in [0.25, 0.3) is 0 Å². The van der Waals surface area contributed by atoms with Crippen LogP contribution in [-0.4, -0.2) is 55.7 Å². The monoisotopic (exact) mass is 372 g/mol. The van der Waals surface area contributed by atoms with E-state index in [0.717, 1.165) is 12.8 Å². The maximum absolute atomic E-state index is 12.8. The van der Waals surface area contributed by atoms with Crippen molar-refractivity contribution in [2.45, 2.75) is 26.7 Å². The molecule has 0 bridgehead atoms. The fourth-order valence-electron chi connectivity index (χ4n) is 3.02. The lowest BCUT2D eigenvalue weighted by molar-refractivity contribution is 0.0387. The van der Waals surface area contributed by atoms with Crippen molar-refractivity contribution in [3.63, 3.8) is 0 Å². The molecule has 6 nitrogen and oxygen atoms in total. The molecule has 0 aliphatic rings. The number of carbonyl (C=O) groups is 2. The highest BCUT2D eigenvalue weighted by Gasteiger charge is 2.24. The van der Waals surface area contributed by atoms with Gasteiger partial charge in [-0.1, -0.05) is 30.3 Å². The first kappa shape index (κ1) is 20.7. The summed E-state index contributed by atoms with van der Waals surface area (Å²) in [6.45, 7) is 4.69. The lowest BCUT2D eigenvalue weighted by Crippen LogP contribution is -2.29. The average Bonchev–Trinajstić information content (AvgIpc) is 2.96. The fourth-order valence-corrected chi connectivity index (χ4v) is 3.02. The predicted octanol–water partition coefficient (Wildman–Crippen LogP) is 3.14. The van der Waals surface area contributed by atoms with E-state index in [1.165, 1.54) is 5.56 Å². The molecule has 1 heterocycles. The molecule has 2 rings (SSSR count). The van der Waals surface area contributed by atoms with Gasteiger partial charge in [-0.05, 0) is 37.8 Å². The molecule has 2 aromatic rings. The SMILES string of the molecule is COCCOC(=O)c1c(C)[nH]c(C(=O)N(C)CCCc2ccccc2)c1C. The summed E-state index contributed by atoms with van der Waals surface area (Å²) >= 11 is 0. The molecular weight excluding hydrogens is 344 g/mol. The molecule has 0 aliphatic carbocycles. The van der Waals surface area contributed by atoms with Gasteiger partial charge in [0.05, 0.1) is 12.2 Å². The summed E-state index contributed by atoms with van der Waals surface area (Å²) in [5.41, 5.74) is 3.37. The van der Waals surface area contributed by atoms with Gasteiger partial charge in [-0.15, -0.1) is 0 Å². The van der Waals surface area contributed by atoms with E-state index < -0.39 is 5.97 Å². The van der Waals surface area contributed by atoms with Crippen LogP contribution in [0.3, 0.4) is 0 Å². The maximum Gasteiger partial charge on any atom is 0.340 e. The van der Waals surface area contributed by atoms with Crippen molar-refractivity contribution in [2.24, 2.45) is 0 Å². The molecule has 0 spiro atoms. The van der Waals surface area contributed by atoms with Gasteiger partial charge >= 0.3 is 5.97 Å². The molecule has 0 aliphatic heterocycles. The normalized spacial score (nSPS) is 10.7. The summed E-state index contributed by atoms with van der Waals surface area (Å²) < 4.78 is 10.1. The zero-order chi connectivity index (χ0) is 19.8. The van der Waals surface area contributed by atoms with Gasteiger partial charge in [0, 0.05) is 26.4 Å². The van der Waals surface area contributed by atoms with Crippen LogP contribution in [0.2, 0.25) is 0 Å². The zero-order valence-electron chi connectivity index (χ0n) is 16.5. The lowest BCUT2D eigenvalue weighted by Gasteiger charge is -2.17. The molecule has 0 saturated carbocycles. The molecule has 1 N–H and O–H groups in total. The lowest BCUT2D eigenvalue weighted by atomic mass is 10.1. The third-order valence-electron chi connectivity index (χ3n) is 4.52. The third kappa shape index (κ3) is 5.44. The molecule has 0 radical (unpaired) electrons. The van der Waals surface area contributed by atoms with Gasteiger partial charge in [0.2, 0.25) is 0 Å².